The lowest BCUT2D eigenvalue weighted by Crippen LogP contribution is -2.52. The van der Waals surface area contributed by atoms with Crippen molar-refractivity contribution in [2.45, 2.75) is 24.7 Å². The van der Waals surface area contributed by atoms with Crippen LogP contribution in [-0.2, 0) is 15.0 Å². The molecule has 1 spiro atoms. The third-order valence-electron chi connectivity index (χ3n) is 6.51. The molecular weight excluding hydrogens is 419 g/mol. The number of allylic oxidation sites excluding steroid dienone is 1. The number of nitrogens with zero attached hydrogens (tertiary/aromatic N) is 3. The number of Topliss-reactive ketones (excluding diaryl/α,β-unsaturated/α-hetero) is 1. The summed E-state index contributed by atoms with van der Waals surface area (Å²) in [6, 6.07) is 14.8. The van der Waals surface area contributed by atoms with Crippen molar-refractivity contribution in [2.24, 2.45) is 5.73 Å². The summed E-state index contributed by atoms with van der Waals surface area (Å²) in [4.78, 5) is 30.6. The van der Waals surface area contributed by atoms with Crippen LogP contribution in [0.3, 0.4) is 0 Å². The molecule has 0 aromatic heterocycles. The lowest BCUT2D eigenvalue weighted by molar-refractivity contribution is -0.124. The highest BCUT2D eigenvalue weighted by Gasteiger charge is 2.62. The zero-order chi connectivity index (χ0) is 23.3. The maximum Gasteiger partial charge on any atom is 0.248 e. The van der Waals surface area contributed by atoms with E-state index in [9.17, 15) is 19.2 Å². The second kappa shape index (κ2) is 7.36. The fourth-order valence-corrected chi connectivity index (χ4v) is 5.26. The van der Waals surface area contributed by atoms with Gasteiger partial charge in [-0.1, -0.05) is 24.1 Å². The van der Waals surface area contributed by atoms with Crippen molar-refractivity contribution in [2.75, 3.05) is 16.3 Å². The van der Waals surface area contributed by atoms with Gasteiger partial charge in [-0.15, -0.1) is 6.42 Å². The van der Waals surface area contributed by atoms with E-state index < -0.39 is 17.1 Å². The number of nitriles is 1. The van der Waals surface area contributed by atoms with Crippen LogP contribution in [0.25, 0.3) is 0 Å². The van der Waals surface area contributed by atoms with E-state index in [0.29, 0.717) is 35.5 Å². The van der Waals surface area contributed by atoms with Crippen molar-refractivity contribution in [1.82, 2.24) is 0 Å². The molecule has 0 saturated carbocycles. The van der Waals surface area contributed by atoms with Gasteiger partial charge in [0.15, 0.2) is 5.78 Å². The standard InChI is InChI=1S/C26H19FN4O2/c1-2-14-30-20-7-4-3-6-18(20)26(25(30)33)19(15-28)24(29)31(17-12-10-16(27)11-13-17)21-8-5-9-22(32)23(21)26/h1,3-4,6-7,10-13H,5,8-9,14,29H2. The number of halogens is 1. The minimum atomic E-state index is -1.66. The minimum Gasteiger partial charge on any atom is -0.384 e. The van der Waals surface area contributed by atoms with Crippen LogP contribution in [0.5, 0.6) is 0 Å². The summed E-state index contributed by atoms with van der Waals surface area (Å²) in [5.74, 6) is 1.45. The number of terminal acetylenes is 1. The summed E-state index contributed by atoms with van der Waals surface area (Å²) in [7, 11) is 0. The maximum absolute atomic E-state index is 14.1. The van der Waals surface area contributed by atoms with Gasteiger partial charge >= 0.3 is 0 Å². The van der Waals surface area contributed by atoms with Gasteiger partial charge in [0.25, 0.3) is 0 Å². The number of hydrogen-bond acceptors (Lipinski definition) is 5. The SMILES string of the molecule is C#CCN1C(=O)C2(C(C#N)=C(N)N(c3ccc(F)cc3)C3=C2C(=O)CCC3)c2ccccc21. The van der Waals surface area contributed by atoms with Gasteiger partial charge in [0.05, 0.1) is 12.1 Å². The van der Waals surface area contributed by atoms with Crippen LogP contribution in [-0.4, -0.2) is 18.2 Å². The lowest BCUT2D eigenvalue weighted by Gasteiger charge is -2.43. The number of carbonyl (C=O) groups excluding carboxylic acids is 2. The number of rotatable bonds is 2. The number of carbonyl (C=O) groups is 2. The predicted octanol–water partition coefficient (Wildman–Crippen LogP) is 3.26. The molecule has 1 amide bonds. The Kier molecular flexibility index (Phi) is 4.58. The number of fused-ring (bicyclic) bond motifs is 3. The summed E-state index contributed by atoms with van der Waals surface area (Å²) < 4.78 is 13.6. The fraction of sp³-hybridized carbons (Fsp3) is 0.192. The monoisotopic (exact) mass is 438 g/mol. The molecule has 3 aliphatic rings. The van der Waals surface area contributed by atoms with E-state index in [1.165, 1.54) is 29.2 Å². The number of hydrogen-bond donors (Lipinski definition) is 1. The zero-order valence-electron chi connectivity index (χ0n) is 17.6. The molecule has 2 N–H and O–H groups in total. The van der Waals surface area contributed by atoms with Crippen LogP contribution in [0.2, 0.25) is 0 Å². The molecule has 7 heteroatoms. The van der Waals surface area contributed by atoms with Gasteiger partial charge in [-0.2, -0.15) is 5.26 Å². The number of benzene rings is 2. The van der Waals surface area contributed by atoms with Crippen LogP contribution < -0.4 is 15.5 Å². The van der Waals surface area contributed by atoms with Crippen LogP contribution in [0.4, 0.5) is 15.8 Å². The topological polar surface area (TPSA) is 90.4 Å². The lowest BCUT2D eigenvalue weighted by atomic mass is 9.64. The predicted molar refractivity (Wildman–Crippen MR) is 121 cm³/mol. The maximum atomic E-state index is 14.1. The van der Waals surface area contributed by atoms with Crippen LogP contribution in [0.15, 0.2) is 71.2 Å². The molecule has 2 aromatic rings. The smallest absolute Gasteiger partial charge is 0.248 e. The number of ketones is 1. The third-order valence-corrected chi connectivity index (χ3v) is 6.51. The Morgan fingerprint density at radius 3 is 2.55 bits per heavy atom. The van der Waals surface area contributed by atoms with Gasteiger partial charge in [-0.25, -0.2) is 4.39 Å². The Balaban J connectivity index is 1.88. The Labute approximate surface area is 190 Å². The molecule has 0 bridgehead atoms. The van der Waals surface area contributed by atoms with E-state index in [1.807, 2.05) is 0 Å². The molecule has 0 radical (unpaired) electrons. The van der Waals surface area contributed by atoms with Gasteiger partial charge in [-0.05, 0) is 43.2 Å². The molecule has 33 heavy (non-hydrogen) atoms. The summed E-state index contributed by atoms with van der Waals surface area (Å²) in [5.41, 5.74) is 7.29. The average Bonchev–Trinajstić information content (AvgIpc) is 3.05. The molecule has 2 aromatic carbocycles. The van der Waals surface area contributed by atoms with E-state index >= 15 is 0 Å². The van der Waals surface area contributed by atoms with Gasteiger partial charge in [0.1, 0.15) is 23.1 Å². The third kappa shape index (κ3) is 2.60. The molecule has 6 nitrogen and oxygen atoms in total. The van der Waals surface area contributed by atoms with Crippen molar-refractivity contribution in [3.63, 3.8) is 0 Å². The highest BCUT2D eigenvalue weighted by Crippen LogP contribution is 2.56. The first kappa shape index (κ1) is 20.5. The van der Waals surface area contributed by atoms with Crippen molar-refractivity contribution in [3.05, 3.63) is 82.6 Å². The van der Waals surface area contributed by atoms with Crippen molar-refractivity contribution in [1.29, 1.82) is 5.26 Å². The molecule has 1 aliphatic carbocycles. The molecule has 2 heterocycles. The first-order chi connectivity index (χ1) is 16.0. The largest absolute Gasteiger partial charge is 0.384 e. The van der Waals surface area contributed by atoms with E-state index in [1.54, 1.807) is 29.2 Å². The average molecular weight is 438 g/mol. The van der Waals surface area contributed by atoms with Gasteiger partial charge in [0, 0.05) is 34.6 Å². The number of nitrogens with two attached hydrogens (primary N) is 1. The van der Waals surface area contributed by atoms with Crippen molar-refractivity contribution in [3.8, 4) is 18.4 Å². The highest BCUT2D eigenvalue weighted by molar-refractivity contribution is 6.20. The Bertz CT molecular complexity index is 1360. The van der Waals surface area contributed by atoms with Crippen molar-refractivity contribution >= 4 is 23.1 Å². The summed E-state index contributed by atoms with van der Waals surface area (Å²) in [5, 5.41) is 10.3. The second-order valence-corrected chi connectivity index (χ2v) is 8.14. The van der Waals surface area contributed by atoms with Crippen LogP contribution >= 0.6 is 0 Å². The Morgan fingerprint density at radius 2 is 1.85 bits per heavy atom. The van der Waals surface area contributed by atoms with E-state index in [-0.39, 0.29) is 35.7 Å². The van der Waals surface area contributed by atoms with E-state index in [4.69, 9.17) is 12.2 Å². The first-order valence-corrected chi connectivity index (χ1v) is 10.5. The molecular formula is C26H19FN4O2. The summed E-state index contributed by atoms with van der Waals surface area (Å²) >= 11 is 0. The molecule has 1 unspecified atom stereocenters. The van der Waals surface area contributed by atoms with Crippen molar-refractivity contribution < 1.29 is 14.0 Å². The Hall–Kier alpha value is -4.36. The van der Waals surface area contributed by atoms with Crippen LogP contribution in [0.1, 0.15) is 24.8 Å². The first-order valence-electron chi connectivity index (χ1n) is 10.5. The molecule has 2 aliphatic heterocycles. The molecule has 5 rings (SSSR count). The summed E-state index contributed by atoms with van der Waals surface area (Å²) in [6.07, 6.45) is 6.85. The van der Waals surface area contributed by atoms with E-state index in [0.717, 1.165) is 0 Å². The number of para-hydroxylation sites is 1. The number of anilines is 2. The van der Waals surface area contributed by atoms with Crippen LogP contribution in [0, 0.1) is 29.5 Å². The molecule has 0 fully saturated rings. The molecule has 1 atom stereocenters. The van der Waals surface area contributed by atoms with Gasteiger partial charge in [0.2, 0.25) is 5.91 Å². The normalized spacial score (nSPS) is 21.8. The zero-order valence-corrected chi connectivity index (χ0v) is 17.6. The van der Waals surface area contributed by atoms with Gasteiger partial charge < -0.3 is 5.73 Å². The number of amides is 1. The fourth-order valence-electron chi connectivity index (χ4n) is 5.26. The van der Waals surface area contributed by atoms with E-state index in [2.05, 4.69) is 12.0 Å². The Morgan fingerprint density at radius 1 is 1.12 bits per heavy atom. The van der Waals surface area contributed by atoms with Gasteiger partial charge in [-0.3, -0.25) is 19.4 Å². The summed E-state index contributed by atoms with van der Waals surface area (Å²) in [6.45, 7) is -0.00527. The second-order valence-electron chi connectivity index (χ2n) is 8.14. The minimum absolute atomic E-state index is 0.00527. The quantitative estimate of drug-likeness (QED) is 0.727. The highest BCUT2D eigenvalue weighted by atomic mass is 19.1. The molecule has 0 saturated heterocycles. The molecule has 162 valence electrons.